The Morgan fingerprint density at radius 3 is 2.72 bits per heavy atom. The van der Waals surface area contributed by atoms with E-state index in [1.807, 2.05) is 0 Å². The molecule has 0 aliphatic carbocycles. The van der Waals surface area contributed by atoms with Gasteiger partial charge in [-0.25, -0.2) is 4.98 Å². The molecule has 1 aromatic heterocycles. The minimum absolute atomic E-state index is 0.129. The molecule has 0 aliphatic rings. The van der Waals surface area contributed by atoms with Crippen molar-refractivity contribution in [3.05, 3.63) is 4.88 Å². The average molecular weight is 270 g/mol. The zero-order valence-electron chi connectivity index (χ0n) is 11.2. The maximum Gasteiger partial charge on any atom is 0.265 e. The molecular weight excluding hydrogens is 248 g/mol. The van der Waals surface area contributed by atoms with Gasteiger partial charge in [-0.05, 0) is 12.3 Å². The van der Waals surface area contributed by atoms with Crippen molar-refractivity contribution in [3.8, 4) is 0 Å². The average Bonchev–Trinajstić information content (AvgIpc) is 2.69. The SMILES string of the molecule is CNc1nc(N)c(C(=O)NCCCCC(C)C)s1. The summed E-state index contributed by atoms with van der Waals surface area (Å²) >= 11 is 1.28. The number of hydrogen-bond acceptors (Lipinski definition) is 5. The third-order valence-corrected chi connectivity index (χ3v) is 3.65. The fraction of sp³-hybridized carbons (Fsp3) is 0.667. The molecule has 1 amide bonds. The Kier molecular flexibility index (Phi) is 5.91. The second-order valence-electron chi connectivity index (χ2n) is 4.63. The number of thiazole rings is 1. The monoisotopic (exact) mass is 270 g/mol. The number of amides is 1. The molecule has 0 unspecified atom stereocenters. The van der Waals surface area contributed by atoms with Crippen LogP contribution in [0.4, 0.5) is 10.9 Å². The van der Waals surface area contributed by atoms with E-state index < -0.39 is 0 Å². The highest BCUT2D eigenvalue weighted by molar-refractivity contribution is 7.18. The second-order valence-corrected chi connectivity index (χ2v) is 5.63. The van der Waals surface area contributed by atoms with Gasteiger partial charge in [-0.3, -0.25) is 4.79 Å². The van der Waals surface area contributed by atoms with Crippen LogP contribution in [0.2, 0.25) is 0 Å². The van der Waals surface area contributed by atoms with Crippen molar-refractivity contribution < 1.29 is 4.79 Å². The quantitative estimate of drug-likeness (QED) is 0.664. The first kappa shape index (κ1) is 14.8. The number of anilines is 2. The predicted molar refractivity (Wildman–Crippen MR) is 77.1 cm³/mol. The minimum Gasteiger partial charge on any atom is -0.382 e. The molecule has 0 fully saturated rings. The van der Waals surface area contributed by atoms with Gasteiger partial charge >= 0.3 is 0 Å². The lowest BCUT2D eigenvalue weighted by Crippen LogP contribution is -2.24. The number of hydrogen-bond donors (Lipinski definition) is 3. The molecule has 0 radical (unpaired) electrons. The number of aromatic nitrogens is 1. The van der Waals surface area contributed by atoms with E-state index in [0.717, 1.165) is 18.8 Å². The summed E-state index contributed by atoms with van der Waals surface area (Å²) in [5.74, 6) is 0.885. The van der Waals surface area contributed by atoms with Crippen molar-refractivity contribution in [2.24, 2.45) is 5.92 Å². The van der Waals surface area contributed by atoms with Gasteiger partial charge in [-0.2, -0.15) is 0 Å². The Hall–Kier alpha value is -1.30. The minimum atomic E-state index is -0.129. The summed E-state index contributed by atoms with van der Waals surface area (Å²) in [6, 6.07) is 0. The molecule has 1 heterocycles. The lowest BCUT2D eigenvalue weighted by Gasteiger charge is -2.05. The number of nitrogens with one attached hydrogen (secondary N) is 2. The summed E-state index contributed by atoms with van der Waals surface area (Å²) in [5, 5.41) is 6.42. The van der Waals surface area contributed by atoms with Gasteiger partial charge in [0.2, 0.25) is 0 Å². The van der Waals surface area contributed by atoms with Gasteiger partial charge in [0.25, 0.3) is 5.91 Å². The highest BCUT2D eigenvalue weighted by Gasteiger charge is 2.14. The molecule has 18 heavy (non-hydrogen) atoms. The van der Waals surface area contributed by atoms with Crippen molar-refractivity contribution in [3.63, 3.8) is 0 Å². The smallest absolute Gasteiger partial charge is 0.265 e. The zero-order valence-corrected chi connectivity index (χ0v) is 12.1. The van der Waals surface area contributed by atoms with E-state index in [4.69, 9.17) is 5.73 Å². The highest BCUT2D eigenvalue weighted by Crippen LogP contribution is 2.24. The molecule has 5 nitrogen and oxygen atoms in total. The zero-order chi connectivity index (χ0) is 13.5. The Bertz CT molecular complexity index is 389. The fourth-order valence-corrected chi connectivity index (χ4v) is 2.32. The third kappa shape index (κ3) is 4.52. The van der Waals surface area contributed by atoms with Gasteiger partial charge in [0.05, 0.1) is 0 Å². The van der Waals surface area contributed by atoms with E-state index in [-0.39, 0.29) is 5.91 Å². The van der Waals surface area contributed by atoms with E-state index in [9.17, 15) is 4.79 Å². The lowest BCUT2D eigenvalue weighted by molar-refractivity contribution is 0.0957. The van der Waals surface area contributed by atoms with Crippen LogP contribution in [0, 0.1) is 5.92 Å². The van der Waals surface area contributed by atoms with Crippen LogP contribution < -0.4 is 16.4 Å². The molecule has 0 spiro atoms. The van der Waals surface area contributed by atoms with Crippen LogP contribution >= 0.6 is 11.3 Å². The van der Waals surface area contributed by atoms with Gasteiger partial charge < -0.3 is 16.4 Å². The molecule has 1 aromatic rings. The van der Waals surface area contributed by atoms with Gasteiger partial charge in [0, 0.05) is 13.6 Å². The summed E-state index contributed by atoms with van der Waals surface area (Å²) in [4.78, 5) is 16.4. The van der Waals surface area contributed by atoms with Gasteiger partial charge in [-0.15, -0.1) is 0 Å². The largest absolute Gasteiger partial charge is 0.382 e. The Morgan fingerprint density at radius 2 is 2.17 bits per heavy atom. The predicted octanol–water partition coefficient (Wildman–Crippen LogP) is 2.32. The standard InChI is InChI=1S/C12H22N4OS/c1-8(2)6-4-5-7-15-11(17)9-10(13)16-12(14-3)18-9/h8H,4-7,13H2,1-3H3,(H,14,16)(H,15,17). The van der Waals surface area contributed by atoms with Crippen LogP contribution in [0.25, 0.3) is 0 Å². The maximum atomic E-state index is 11.8. The fourth-order valence-electron chi connectivity index (χ4n) is 1.56. The summed E-state index contributed by atoms with van der Waals surface area (Å²) in [5.41, 5.74) is 5.69. The van der Waals surface area contributed by atoms with Gasteiger partial charge in [0.1, 0.15) is 10.7 Å². The van der Waals surface area contributed by atoms with Crippen molar-refractivity contribution in [2.75, 3.05) is 24.6 Å². The van der Waals surface area contributed by atoms with Crippen LogP contribution in [0.1, 0.15) is 42.8 Å². The van der Waals surface area contributed by atoms with E-state index in [0.29, 0.717) is 22.4 Å². The highest BCUT2D eigenvalue weighted by atomic mass is 32.1. The van der Waals surface area contributed by atoms with E-state index >= 15 is 0 Å². The molecule has 4 N–H and O–H groups in total. The number of nitrogens with zero attached hydrogens (tertiary/aromatic N) is 1. The first-order valence-corrected chi connectivity index (χ1v) is 7.08. The van der Waals surface area contributed by atoms with Crippen molar-refractivity contribution in [1.82, 2.24) is 10.3 Å². The molecule has 1 rings (SSSR count). The van der Waals surface area contributed by atoms with Crippen molar-refractivity contribution in [1.29, 1.82) is 0 Å². The normalized spacial score (nSPS) is 10.7. The topological polar surface area (TPSA) is 80.0 Å². The first-order valence-electron chi connectivity index (χ1n) is 6.26. The summed E-state index contributed by atoms with van der Waals surface area (Å²) in [7, 11) is 1.76. The molecule has 0 saturated heterocycles. The summed E-state index contributed by atoms with van der Waals surface area (Å²) < 4.78 is 0. The number of unbranched alkanes of at least 4 members (excludes halogenated alkanes) is 1. The maximum absolute atomic E-state index is 11.8. The molecular formula is C12H22N4OS. The summed E-state index contributed by atoms with van der Waals surface area (Å²) in [6.07, 6.45) is 3.34. The van der Waals surface area contributed by atoms with Crippen LogP contribution in [0.3, 0.4) is 0 Å². The molecule has 0 aromatic carbocycles. The van der Waals surface area contributed by atoms with Crippen LogP contribution in [0.15, 0.2) is 0 Å². The van der Waals surface area contributed by atoms with Crippen LogP contribution in [0.5, 0.6) is 0 Å². The van der Waals surface area contributed by atoms with Crippen LogP contribution in [-0.2, 0) is 0 Å². The van der Waals surface area contributed by atoms with E-state index in [1.165, 1.54) is 17.8 Å². The van der Waals surface area contributed by atoms with Crippen molar-refractivity contribution in [2.45, 2.75) is 33.1 Å². The number of rotatable bonds is 7. The number of carbonyl (C=O) groups is 1. The van der Waals surface area contributed by atoms with Gasteiger partial charge in [0.15, 0.2) is 5.13 Å². The summed E-state index contributed by atoms with van der Waals surface area (Å²) in [6.45, 7) is 5.10. The number of nitrogen functional groups attached to an aromatic ring is 1. The molecule has 0 aliphatic heterocycles. The molecule has 0 bridgehead atoms. The second kappa shape index (κ2) is 7.20. The van der Waals surface area contributed by atoms with E-state index in [2.05, 4.69) is 29.5 Å². The van der Waals surface area contributed by atoms with Crippen molar-refractivity contribution >= 4 is 28.2 Å². The number of carbonyl (C=O) groups excluding carboxylic acids is 1. The first-order chi connectivity index (χ1) is 8.54. The Labute approximate surface area is 112 Å². The third-order valence-electron chi connectivity index (χ3n) is 2.57. The molecule has 102 valence electrons. The van der Waals surface area contributed by atoms with E-state index in [1.54, 1.807) is 7.05 Å². The molecule has 0 saturated carbocycles. The lowest BCUT2D eigenvalue weighted by atomic mass is 10.1. The molecule has 6 heteroatoms. The Balaban J connectivity index is 2.34. The van der Waals surface area contributed by atoms with Gasteiger partial charge in [-0.1, -0.05) is 38.0 Å². The van der Waals surface area contributed by atoms with Crippen LogP contribution in [-0.4, -0.2) is 24.5 Å². The Morgan fingerprint density at radius 1 is 1.44 bits per heavy atom. The molecule has 0 atom stereocenters. The number of nitrogens with two attached hydrogens (primary N) is 1.